The lowest BCUT2D eigenvalue weighted by Crippen LogP contribution is -2.45. The van der Waals surface area contributed by atoms with Crippen LogP contribution in [0.15, 0.2) is 42.6 Å². The fourth-order valence-corrected chi connectivity index (χ4v) is 4.51. The van der Waals surface area contributed by atoms with Crippen LogP contribution in [0.2, 0.25) is 0 Å². The molecule has 0 spiro atoms. The predicted molar refractivity (Wildman–Crippen MR) is 106 cm³/mol. The Balaban J connectivity index is 1.70. The fraction of sp³-hybridized carbons (Fsp3) is 0.500. The highest BCUT2D eigenvalue weighted by Crippen LogP contribution is 2.46. The second kappa shape index (κ2) is 6.70. The van der Waals surface area contributed by atoms with Gasteiger partial charge in [0.05, 0.1) is 23.3 Å². The van der Waals surface area contributed by atoms with Gasteiger partial charge in [-0.2, -0.15) is 0 Å². The molecule has 0 bridgehead atoms. The zero-order valence-corrected chi connectivity index (χ0v) is 15.7. The van der Waals surface area contributed by atoms with Crippen molar-refractivity contribution in [3.63, 3.8) is 0 Å². The maximum Gasteiger partial charge on any atom is 0.104 e. The zero-order chi connectivity index (χ0) is 17.4. The van der Waals surface area contributed by atoms with E-state index in [0.717, 1.165) is 5.69 Å². The van der Waals surface area contributed by atoms with E-state index in [-0.39, 0.29) is 0 Å². The average molecular weight is 335 g/mol. The first-order chi connectivity index (χ1) is 12.2. The molecule has 1 aromatic carbocycles. The molecule has 1 atom stereocenters. The Morgan fingerprint density at radius 2 is 1.68 bits per heavy atom. The molecule has 1 saturated carbocycles. The Kier molecular flexibility index (Phi) is 4.41. The van der Waals surface area contributed by atoms with E-state index >= 15 is 0 Å². The van der Waals surface area contributed by atoms with Crippen molar-refractivity contribution in [2.24, 2.45) is 0 Å². The van der Waals surface area contributed by atoms with E-state index in [1.807, 2.05) is 6.20 Å². The SMILES string of the molecule is CC(C)c1ccc(N2c3ccccc3N(C3CCCCC3)[C@H]2C)cn1. The minimum atomic E-state index is 0.340. The zero-order valence-electron chi connectivity index (χ0n) is 15.7. The van der Waals surface area contributed by atoms with Crippen LogP contribution in [0, 0.1) is 0 Å². The molecule has 3 nitrogen and oxygen atoms in total. The number of benzene rings is 1. The van der Waals surface area contributed by atoms with Crippen LogP contribution in [0.4, 0.5) is 17.1 Å². The minimum absolute atomic E-state index is 0.340. The molecule has 1 aliphatic carbocycles. The van der Waals surface area contributed by atoms with Gasteiger partial charge in [0.25, 0.3) is 0 Å². The van der Waals surface area contributed by atoms with Crippen molar-refractivity contribution in [2.45, 2.75) is 71.0 Å². The number of aromatic nitrogens is 1. The highest BCUT2D eigenvalue weighted by Gasteiger charge is 2.37. The normalized spacial score (nSPS) is 21.0. The van der Waals surface area contributed by atoms with Gasteiger partial charge >= 0.3 is 0 Å². The van der Waals surface area contributed by atoms with Crippen molar-refractivity contribution in [2.75, 3.05) is 9.80 Å². The standard InChI is InChI=1S/C22H29N3/c1-16(2)20-14-13-19(15-23-20)25-17(3)24(18-9-5-4-6-10-18)21-11-7-8-12-22(21)25/h7-8,11-18H,4-6,9-10H2,1-3H3/t17-/m1/s1. The van der Waals surface area contributed by atoms with Crippen LogP contribution in [-0.2, 0) is 0 Å². The predicted octanol–water partition coefficient (Wildman–Crippen LogP) is 5.84. The number of rotatable bonds is 3. The van der Waals surface area contributed by atoms with Gasteiger partial charge in [0.2, 0.25) is 0 Å². The van der Waals surface area contributed by atoms with Crippen molar-refractivity contribution < 1.29 is 0 Å². The summed E-state index contributed by atoms with van der Waals surface area (Å²) in [5, 5.41) is 0. The molecule has 1 fully saturated rings. The maximum atomic E-state index is 4.71. The molecular weight excluding hydrogens is 306 g/mol. The van der Waals surface area contributed by atoms with Gasteiger partial charge in [-0.3, -0.25) is 4.98 Å². The number of hydrogen-bond acceptors (Lipinski definition) is 3. The Bertz CT molecular complexity index is 716. The lowest BCUT2D eigenvalue weighted by atomic mass is 9.94. The third kappa shape index (κ3) is 2.90. The molecule has 2 aromatic rings. The van der Waals surface area contributed by atoms with E-state index in [0.29, 0.717) is 18.1 Å². The molecule has 2 heterocycles. The van der Waals surface area contributed by atoms with E-state index in [4.69, 9.17) is 4.98 Å². The van der Waals surface area contributed by atoms with Crippen LogP contribution in [0.5, 0.6) is 0 Å². The third-order valence-corrected chi connectivity index (χ3v) is 5.80. The fourth-order valence-electron chi connectivity index (χ4n) is 4.51. The number of para-hydroxylation sites is 2. The maximum absolute atomic E-state index is 4.71. The number of pyridine rings is 1. The van der Waals surface area contributed by atoms with E-state index in [1.54, 1.807) is 0 Å². The monoisotopic (exact) mass is 335 g/mol. The molecule has 0 amide bonds. The summed E-state index contributed by atoms with van der Waals surface area (Å²) in [5.74, 6) is 0.469. The van der Waals surface area contributed by atoms with Gasteiger partial charge in [0, 0.05) is 11.7 Å². The Morgan fingerprint density at radius 3 is 2.32 bits per heavy atom. The first-order valence-corrected chi connectivity index (χ1v) is 9.79. The van der Waals surface area contributed by atoms with Crippen LogP contribution in [-0.4, -0.2) is 17.2 Å². The largest absolute Gasteiger partial charge is 0.346 e. The second-order valence-electron chi connectivity index (χ2n) is 7.79. The Hall–Kier alpha value is -2.03. The molecule has 0 N–H and O–H groups in total. The third-order valence-electron chi connectivity index (χ3n) is 5.80. The summed E-state index contributed by atoms with van der Waals surface area (Å²) in [6, 6.07) is 13.9. The van der Waals surface area contributed by atoms with E-state index in [2.05, 4.69) is 67.0 Å². The number of fused-ring (bicyclic) bond motifs is 1. The smallest absolute Gasteiger partial charge is 0.104 e. The highest BCUT2D eigenvalue weighted by molar-refractivity contribution is 5.83. The van der Waals surface area contributed by atoms with Gasteiger partial charge < -0.3 is 9.80 Å². The van der Waals surface area contributed by atoms with E-state index < -0.39 is 0 Å². The van der Waals surface area contributed by atoms with E-state index in [9.17, 15) is 0 Å². The topological polar surface area (TPSA) is 19.4 Å². The minimum Gasteiger partial charge on any atom is -0.346 e. The summed E-state index contributed by atoms with van der Waals surface area (Å²) in [5.41, 5.74) is 5.06. The quantitative estimate of drug-likeness (QED) is 0.702. The van der Waals surface area contributed by atoms with Crippen LogP contribution >= 0.6 is 0 Å². The molecule has 0 radical (unpaired) electrons. The van der Waals surface area contributed by atoms with Gasteiger partial charge in [-0.1, -0.05) is 45.2 Å². The van der Waals surface area contributed by atoms with Gasteiger partial charge in [0.15, 0.2) is 0 Å². The van der Waals surface area contributed by atoms with Gasteiger partial charge in [0.1, 0.15) is 6.17 Å². The number of nitrogens with zero attached hydrogens (tertiary/aromatic N) is 3. The lowest BCUT2D eigenvalue weighted by molar-refractivity contribution is 0.400. The van der Waals surface area contributed by atoms with Gasteiger partial charge in [-0.25, -0.2) is 0 Å². The first kappa shape index (κ1) is 16.4. The summed E-state index contributed by atoms with van der Waals surface area (Å²) in [4.78, 5) is 9.82. The molecule has 4 rings (SSSR count). The molecule has 0 unspecified atom stereocenters. The molecule has 1 aromatic heterocycles. The average Bonchev–Trinajstić information content (AvgIpc) is 2.94. The van der Waals surface area contributed by atoms with E-state index in [1.165, 1.54) is 49.2 Å². The highest BCUT2D eigenvalue weighted by atomic mass is 15.4. The van der Waals surface area contributed by atoms with Gasteiger partial charge in [-0.05, 0) is 49.9 Å². The van der Waals surface area contributed by atoms with Crippen LogP contribution in [0.3, 0.4) is 0 Å². The number of anilines is 3. The molecule has 25 heavy (non-hydrogen) atoms. The van der Waals surface area contributed by atoms with Crippen LogP contribution in [0.25, 0.3) is 0 Å². The van der Waals surface area contributed by atoms with Crippen molar-refractivity contribution in [3.8, 4) is 0 Å². The summed E-state index contributed by atoms with van der Waals surface area (Å²) >= 11 is 0. The van der Waals surface area contributed by atoms with Crippen molar-refractivity contribution in [1.29, 1.82) is 0 Å². The molecule has 3 heteroatoms. The summed E-state index contributed by atoms with van der Waals surface area (Å²) in [7, 11) is 0. The number of hydrogen-bond donors (Lipinski definition) is 0. The Morgan fingerprint density at radius 1 is 0.960 bits per heavy atom. The Labute approximate surface area is 151 Å². The second-order valence-corrected chi connectivity index (χ2v) is 7.79. The van der Waals surface area contributed by atoms with Gasteiger partial charge in [-0.15, -0.1) is 0 Å². The van der Waals surface area contributed by atoms with Crippen LogP contribution < -0.4 is 9.80 Å². The van der Waals surface area contributed by atoms with Crippen molar-refractivity contribution >= 4 is 17.1 Å². The summed E-state index contributed by atoms with van der Waals surface area (Å²) < 4.78 is 0. The molecule has 132 valence electrons. The molecule has 0 saturated heterocycles. The molecule has 1 aliphatic heterocycles. The van der Waals surface area contributed by atoms with Crippen molar-refractivity contribution in [3.05, 3.63) is 48.3 Å². The summed E-state index contributed by atoms with van der Waals surface area (Å²) in [6.07, 6.45) is 9.14. The van der Waals surface area contributed by atoms with Crippen molar-refractivity contribution in [1.82, 2.24) is 4.98 Å². The lowest BCUT2D eigenvalue weighted by Gasteiger charge is -2.38. The summed E-state index contributed by atoms with van der Waals surface area (Å²) in [6.45, 7) is 6.73. The van der Waals surface area contributed by atoms with Crippen LogP contribution in [0.1, 0.15) is 64.5 Å². The molecule has 2 aliphatic rings. The molecular formula is C22H29N3. The first-order valence-electron chi connectivity index (χ1n) is 9.79.